The van der Waals surface area contributed by atoms with Crippen LogP contribution in [0.2, 0.25) is 10.0 Å². The summed E-state index contributed by atoms with van der Waals surface area (Å²) in [6, 6.07) is 4.50. The van der Waals surface area contributed by atoms with E-state index in [1.165, 1.54) is 24.1 Å². The number of Topliss-reactive ketones (excluding diaryl/α,β-unsaturated/α-hetero) is 1. The number of rotatable bonds is 5. The molecule has 0 atom stereocenters. The highest BCUT2D eigenvalue weighted by Gasteiger charge is 2.15. The van der Waals surface area contributed by atoms with E-state index in [1.807, 2.05) is 0 Å². The van der Waals surface area contributed by atoms with Gasteiger partial charge in [-0.2, -0.15) is 0 Å². The molecule has 1 aromatic rings. The summed E-state index contributed by atoms with van der Waals surface area (Å²) in [5.41, 5.74) is 0.250. The molecule has 1 aromatic carbocycles. The van der Waals surface area contributed by atoms with E-state index in [2.05, 4.69) is 0 Å². The highest BCUT2D eigenvalue weighted by molar-refractivity contribution is 6.36. The van der Waals surface area contributed by atoms with Gasteiger partial charge in [-0.15, -0.1) is 0 Å². The molecule has 94 valence electrons. The van der Waals surface area contributed by atoms with Crippen molar-refractivity contribution in [2.24, 2.45) is 0 Å². The zero-order valence-corrected chi connectivity index (χ0v) is 10.6. The van der Waals surface area contributed by atoms with Gasteiger partial charge >= 0.3 is 0 Å². The lowest BCUT2D eigenvalue weighted by Crippen LogP contribution is -2.30. The Morgan fingerprint density at radius 1 is 1.41 bits per heavy atom. The van der Waals surface area contributed by atoms with Crippen molar-refractivity contribution in [2.75, 3.05) is 20.1 Å². The van der Waals surface area contributed by atoms with Crippen LogP contribution >= 0.6 is 23.2 Å². The summed E-state index contributed by atoms with van der Waals surface area (Å²) in [6.45, 7) is -0.575. The number of ketones is 1. The Hall–Kier alpha value is -0.710. The fourth-order valence-electron chi connectivity index (χ4n) is 1.34. The van der Waals surface area contributed by atoms with Crippen LogP contribution in [0, 0.1) is 0 Å². The van der Waals surface area contributed by atoms with E-state index in [1.54, 1.807) is 6.07 Å². The fraction of sp³-hybridized carbons (Fsp3) is 0.364. The quantitative estimate of drug-likeness (QED) is 0.772. The minimum atomic E-state index is -2.47. The largest absolute Gasteiger partial charge is 0.293 e. The molecule has 0 heterocycles. The predicted molar refractivity (Wildman–Crippen MR) is 64.3 cm³/mol. The third-order valence-electron chi connectivity index (χ3n) is 2.09. The van der Waals surface area contributed by atoms with E-state index in [0.29, 0.717) is 5.02 Å². The molecule has 6 heteroatoms. The Morgan fingerprint density at radius 2 is 2.06 bits per heavy atom. The first kappa shape index (κ1) is 14.4. The molecular weight excluding hydrogens is 271 g/mol. The van der Waals surface area contributed by atoms with Crippen molar-refractivity contribution in [3.8, 4) is 0 Å². The molecule has 0 spiro atoms. The van der Waals surface area contributed by atoms with E-state index in [-0.39, 0.29) is 22.9 Å². The first-order valence-corrected chi connectivity index (χ1v) is 5.60. The lowest BCUT2D eigenvalue weighted by molar-refractivity contribution is 0.0820. The van der Waals surface area contributed by atoms with Gasteiger partial charge in [0.1, 0.15) is 0 Å². The summed E-state index contributed by atoms with van der Waals surface area (Å²) < 4.78 is 24.2. The van der Waals surface area contributed by atoms with Crippen molar-refractivity contribution in [3.05, 3.63) is 33.8 Å². The summed E-state index contributed by atoms with van der Waals surface area (Å²) in [5, 5.41) is 0.652. The van der Waals surface area contributed by atoms with E-state index in [0.717, 1.165) is 0 Å². The highest BCUT2D eigenvalue weighted by atomic mass is 35.5. The standard InChI is InChI=1S/C11H11Cl2F2NO/c1-16(6-11(14)15)5-10(17)8-4-7(12)2-3-9(8)13/h2-4,11H,5-6H2,1H3. The van der Waals surface area contributed by atoms with E-state index in [4.69, 9.17) is 23.2 Å². The lowest BCUT2D eigenvalue weighted by Gasteiger charge is -2.15. The van der Waals surface area contributed by atoms with E-state index < -0.39 is 13.0 Å². The summed E-state index contributed by atoms with van der Waals surface area (Å²) in [4.78, 5) is 13.0. The third-order valence-corrected chi connectivity index (χ3v) is 2.66. The normalized spacial score (nSPS) is 11.2. The second kappa shape index (κ2) is 6.28. The van der Waals surface area contributed by atoms with Crippen LogP contribution in [0.25, 0.3) is 0 Å². The first-order chi connectivity index (χ1) is 7.90. The van der Waals surface area contributed by atoms with Gasteiger partial charge in [0.05, 0.1) is 18.1 Å². The van der Waals surface area contributed by atoms with Gasteiger partial charge in [0.2, 0.25) is 0 Å². The summed E-state index contributed by atoms with van der Waals surface area (Å²) >= 11 is 11.6. The smallest absolute Gasteiger partial charge is 0.251 e. The number of benzene rings is 1. The zero-order valence-electron chi connectivity index (χ0n) is 9.09. The molecule has 0 radical (unpaired) electrons. The van der Waals surface area contributed by atoms with Gasteiger partial charge in [0, 0.05) is 10.6 Å². The van der Waals surface area contributed by atoms with E-state index in [9.17, 15) is 13.6 Å². The Morgan fingerprint density at radius 3 is 2.65 bits per heavy atom. The van der Waals surface area contributed by atoms with Crippen molar-refractivity contribution in [2.45, 2.75) is 6.43 Å². The van der Waals surface area contributed by atoms with Crippen molar-refractivity contribution in [1.29, 1.82) is 0 Å². The Bertz CT molecular complexity index is 412. The van der Waals surface area contributed by atoms with Crippen molar-refractivity contribution in [3.63, 3.8) is 0 Å². The maximum absolute atomic E-state index is 12.1. The van der Waals surface area contributed by atoms with Crippen LogP contribution in [0.3, 0.4) is 0 Å². The second-order valence-electron chi connectivity index (χ2n) is 3.64. The number of likely N-dealkylation sites (N-methyl/N-ethyl adjacent to an activating group) is 1. The molecule has 0 bridgehead atoms. The maximum atomic E-state index is 12.1. The maximum Gasteiger partial charge on any atom is 0.251 e. The van der Waals surface area contributed by atoms with Crippen LogP contribution in [0.1, 0.15) is 10.4 Å². The molecule has 0 aliphatic carbocycles. The molecule has 1 rings (SSSR count). The number of hydrogen-bond donors (Lipinski definition) is 0. The zero-order chi connectivity index (χ0) is 13.0. The molecule has 0 saturated carbocycles. The van der Waals surface area contributed by atoms with Crippen LogP contribution in [0.15, 0.2) is 18.2 Å². The average Bonchev–Trinajstić information content (AvgIpc) is 2.20. The number of alkyl halides is 2. The fourth-order valence-corrected chi connectivity index (χ4v) is 1.74. The molecular formula is C11H11Cl2F2NO. The predicted octanol–water partition coefficient (Wildman–Crippen LogP) is 3.37. The lowest BCUT2D eigenvalue weighted by atomic mass is 10.1. The van der Waals surface area contributed by atoms with Gasteiger partial charge in [0.25, 0.3) is 6.43 Å². The van der Waals surface area contributed by atoms with Gasteiger partial charge in [-0.1, -0.05) is 23.2 Å². The van der Waals surface area contributed by atoms with Gasteiger partial charge in [-0.05, 0) is 25.2 Å². The molecule has 0 amide bonds. The molecule has 0 N–H and O–H groups in total. The Kier molecular flexibility index (Phi) is 5.31. The third kappa shape index (κ3) is 4.58. The van der Waals surface area contributed by atoms with Crippen molar-refractivity contribution >= 4 is 29.0 Å². The molecule has 0 unspecified atom stereocenters. The molecule has 0 aliphatic rings. The van der Waals surface area contributed by atoms with Crippen LogP contribution in [0.5, 0.6) is 0 Å². The minimum absolute atomic E-state index is 0.121. The number of halogens is 4. The summed E-state index contributed by atoms with van der Waals surface area (Å²) in [6.07, 6.45) is -2.47. The van der Waals surface area contributed by atoms with Gasteiger partial charge < -0.3 is 0 Å². The van der Waals surface area contributed by atoms with Crippen molar-refractivity contribution in [1.82, 2.24) is 4.90 Å². The summed E-state index contributed by atoms with van der Waals surface area (Å²) in [7, 11) is 1.45. The molecule has 0 saturated heterocycles. The molecule has 17 heavy (non-hydrogen) atoms. The van der Waals surface area contributed by atoms with Crippen LogP contribution in [-0.2, 0) is 0 Å². The topological polar surface area (TPSA) is 20.3 Å². The Labute approximate surface area is 108 Å². The van der Waals surface area contributed by atoms with Gasteiger partial charge in [-0.25, -0.2) is 8.78 Å². The monoisotopic (exact) mass is 281 g/mol. The van der Waals surface area contributed by atoms with Gasteiger partial charge in [-0.3, -0.25) is 9.69 Å². The second-order valence-corrected chi connectivity index (χ2v) is 4.48. The molecule has 2 nitrogen and oxygen atoms in total. The number of nitrogens with zero attached hydrogens (tertiary/aromatic N) is 1. The number of hydrogen-bond acceptors (Lipinski definition) is 2. The molecule has 0 fully saturated rings. The van der Waals surface area contributed by atoms with Crippen molar-refractivity contribution < 1.29 is 13.6 Å². The minimum Gasteiger partial charge on any atom is -0.293 e. The van der Waals surface area contributed by atoms with Crippen LogP contribution in [-0.4, -0.2) is 37.2 Å². The van der Waals surface area contributed by atoms with Crippen LogP contribution in [0.4, 0.5) is 8.78 Å². The molecule has 0 aromatic heterocycles. The average molecular weight is 282 g/mol. The highest BCUT2D eigenvalue weighted by Crippen LogP contribution is 2.21. The van der Waals surface area contributed by atoms with Crippen LogP contribution < -0.4 is 0 Å². The summed E-state index contributed by atoms with van der Waals surface area (Å²) in [5.74, 6) is -0.333. The number of carbonyl (C=O) groups is 1. The molecule has 0 aliphatic heterocycles. The first-order valence-electron chi connectivity index (χ1n) is 4.85. The Balaban J connectivity index is 2.73. The SMILES string of the molecule is CN(CC(=O)c1cc(Cl)ccc1Cl)CC(F)F. The van der Waals surface area contributed by atoms with Gasteiger partial charge in [0.15, 0.2) is 5.78 Å². The van der Waals surface area contributed by atoms with E-state index >= 15 is 0 Å². The number of carbonyl (C=O) groups excluding carboxylic acids is 1.